The van der Waals surface area contributed by atoms with Gasteiger partial charge >= 0.3 is 0 Å². The predicted octanol–water partition coefficient (Wildman–Crippen LogP) is 4.05. The molecular weight excluding hydrogens is 334 g/mol. The second kappa shape index (κ2) is 7.18. The smallest absolute Gasteiger partial charge is 0.269 e. The molecule has 0 aliphatic heterocycles. The minimum absolute atomic E-state index is 0.0569. The van der Waals surface area contributed by atoms with Crippen LogP contribution in [0.4, 0.5) is 11.4 Å². The van der Waals surface area contributed by atoms with Crippen LogP contribution in [0.2, 0.25) is 0 Å². The summed E-state index contributed by atoms with van der Waals surface area (Å²) >= 11 is 0. The fourth-order valence-corrected chi connectivity index (χ4v) is 2.66. The van der Waals surface area contributed by atoms with E-state index < -0.39 is 4.92 Å². The van der Waals surface area contributed by atoms with Crippen LogP contribution in [0.3, 0.4) is 0 Å². The summed E-state index contributed by atoms with van der Waals surface area (Å²) in [5, 5.41) is 14.8. The topological polar surface area (TPSA) is 89.5 Å². The van der Waals surface area contributed by atoms with Crippen molar-refractivity contribution in [1.82, 2.24) is 5.16 Å². The Bertz CT molecular complexity index is 914. The van der Waals surface area contributed by atoms with E-state index in [0.29, 0.717) is 17.9 Å². The number of nitrogens with zero attached hydrogens (tertiary/aromatic N) is 3. The molecule has 0 fully saturated rings. The molecule has 0 aliphatic rings. The van der Waals surface area contributed by atoms with E-state index >= 15 is 0 Å². The maximum absolute atomic E-state index is 13.1. The molecule has 26 heavy (non-hydrogen) atoms. The van der Waals surface area contributed by atoms with Crippen molar-refractivity contribution in [2.45, 2.75) is 20.4 Å². The van der Waals surface area contributed by atoms with Crippen LogP contribution in [0, 0.1) is 24.0 Å². The first-order chi connectivity index (χ1) is 12.5. The number of para-hydroxylation sites is 1. The highest BCUT2D eigenvalue weighted by Crippen LogP contribution is 2.23. The largest absolute Gasteiger partial charge is 0.361 e. The molecule has 0 bridgehead atoms. The van der Waals surface area contributed by atoms with Crippen molar-refractivity contribution in [2.24, 2.45) is 0 Å². The number of hydrogen-bond acceptors (Lipinski definition) is 5. The summed E-state index contributed by atoms with van der Waals surface area (Å²) in [6.45, 7) is 3.92. The number of nitro groups is 1. The van der Waals surface area contributed by atoms with Crippen LogP contribution in [0.5, 0.6) is 0 Å². The molecule has 0 radical (unpaired) electrons. The molecule has 1 amide bonds. The average molecular weight is 351 g/mol. The molecule has 0 aliphatic carbocycles. The number of amides is 1. The van der Waals surface area contributed by atoms with E-state index in [2.05, 4.69) is 5.16 Å². The first-order valence-electron chi connectivity index (χ1n) is 8.00. The molecule has 0 unspecified atom stereocenters. The molecule has 132 valence electrons. The minimum Gasteiger partial charge on any atom is -0.361 e. The molecule has 0 N–H and O–H groups in total. The van der Waals surface area contributed by atoms with E-state index in [1.807, 2.05) is 37.3 Å². The second-order valence-corrected chi connectivity index (χ2v) is 5.83. The lowest BCUT2D eigenvalue weighted by Crippen LogP contribution is -2.30. The molecule has 0 spiro atoms. The second-order valence-electron chi connectivity index (χ2n) is 5.83. The van der Waals surface area contributed by atoms with Gasteiger partial charge in [0.2, 0.25) is 0 Å². The van der Waals surface area contributed by atoms with Gasteiger partial charge in [0.1, 0.15) is 5.76 Å². The number of non-ortho nitro benzene ring substituents is 1. The lowest BCUT2D eigenvalue weighted by Gasteiger charge is -2.23. The highest BCUT2D eigenvalue weighted by Gasteiger charge is 2.22. The lowest BCUT2D eigenvalue weighted by atomic mass is 10.1. The first kappa shape index (κ1) is 17.3. The summed E-state index contributed by atoms with van der Waals surface area (Å²) < 4.78 is 5.20. The van der Waals surface area contributed by atoms with E-state index in [9.17, 15) is 14.9 Å². The summed E-state index contributed by atoms with van der Waals surface area (Å²) in [6, 6.07) is 14.8. The number of anilines is 1. The van der Waals surface area contributed by atoms with Crippen molar-refractivity contribution < 1.29 is 14.2 Å². The minimum atomic E-state index is -0.493. The number of aromatic nitrogens is 1. The van der Waals surface area contributed by atoms with Gasteiger partial charge in [0, 0.05) is 28.9 Å². The van der Waals surface area contributed by atoms with Crippen LogP contribution < -0.4 is 4.90 Å². The number of nitro benzene ring substituents is 1. The Morgan fingerprint density at radius 1 is 1.12 bits per heavy atom. The Hall–Kier alpha value is -3.48. The maximum Gasteiger partial charge on any atom is 0.269 e. The number of hydrogen-bond donors (Lipinski definition) is 0. The molecule has 0 saturated carbocycles. The molecular formula is C19H17N3O4. The quantitative estimate of drug-likeness (QED) is 0.511. The fraction of sp³-hybridized carbons (Fsp3) is 0.158. The monoisotopic (exact) mass is 351 g/mol. The van der Waals surface area contributed by atoms with Gasteiger partial charge in [0.25, 0.3) is 11.6 Å². The third kappa shape index (κ3) is 3.46. The highest BCUT2D eigenvalue weighted by molar-refractivity contribution is 6.06. The van der Waals surface area contributed by atoms with Crippen molar-refractivity contribution in [3.8, 4) is 0 Å². The summed E-state index contributed by atoms with van der Waals surface area (Å²) in [5.41, 5.74) is 2.59. The zero-order valence-electron chi connectivity index (χ0n) is 14.4. The van der Waals surface area contributed by atoms with Gasteiger partial charge in [-0.3, -0.25) is 14.9 Å². The zero-order chi connectivity index (χ0) is 18.7. The van der Waals surface area contributed by atoms with Crippen molar-refractivity contribution in [2.75, 3.05) is 4.90 Å². The maximum atomic E-state index is 13.1. The van der Waals surface area contributed by atoms with Gasteiger partial charge in [0.05, 0.1) is 17.2 Å². The predicted molar refractivity (Wildman–Crippen MR) is 96.0 cm³/mol. The molecule has 2 aromatic carbocycles. The van der Waals surface area contributed by atoms with Gasteiger partial charge < -0.3 is 9.42 Å². The third-order valence-corrected chi connectivity index (χ3v) is 4.14. The Morgan fingerprint density at radius 3 is 2.31 bits per heavy atom. The van der Waals surface area contributed by atoms with Gasteiger partial charge in [-0.1, -0.05) is 23.4 Å². The van der Waals surface area contributed by atoms with Gasteiger partial charge in [-0.2, -0.15) is 0 Å². The molecule has 1 heterocycles. The van der Waals surface area contributed by atoms with Crippen molar-refractivity contribution in [3.05, 3.63) is 87.3 Å². The number of carbonyl (C=O) groups is 1. The summed E-state index contributed by atoms with van der Waals surface area (Å²) in [5.74, 6) is 0.394. The Balaban J connectivity index is 1.97. The van der Waals surface area contributed by atoms with Crippen molar-refractivity contribution in [1.29, 1.82) is 0 Å². The number of aryl methyl sites for hydroxylation is 2. The Kier molecular flexibility index (Phi) is 4.79. The third-order valence-electron chi connectivity index (χ3n) is 4.14. The molecule has 3 rings (SSSR count). The van der Waals surface area contributed by atoms with Crippen LogP contribution in [0.15, 0.2) is 59.1 Å². The van der Waals surface area contributed by atoms with Crippen LogP contribution in [-0.2, 0) is 6.54 Å². The number of carbonyl (C=O) groups excluding carboxylic acids is 1. The standard InChI is InChI=1S/C19H17N3O4/c1-13-18(14(2)26-20-13)12-21(16-6-4-3-5-7-16)19(23)15-8-10-17(11-9-15)22(24)25/h3-11H,12H2,1-2H3. The van der Waals surface area contributed by atoms with E-state index in [-0.39, 0.29) is 11.6 Å². The molecule has 7 nitrogen and oxygen atoms in total. The van der Waals surface area contributed by atoms with Gasteiger partial charge in [-0.25, -0.2) is 0 Å². The Morgan fingerprint density at radius 2 is 1.77 bits per heavy atom. The number of benzene rings is 2. The van der Waals surface area contributed by atoms with Gasteiger partial charge in [-0.15, -0.1) is 0 Å². The summed E-state index contributed by atoms with van der Waals surface area (Å²) in [6.07, 6.45) is 0. The highest BCUT2D eigenvalue weighted by atomic mass is 16.6. The fourth-order valence-electron chi connectivity index (χ4n) is 2.66. The van der Waals surface area contributed by atoms with Crippen LogP contribution >= 0.6 is 0 Å². The Labute approximate surface area is 150 Å². The van der Waals surface area contributed by atoms with Crippen LogP contribution in [0.25, 0.3) is 0 Å². The molecule has 0 saturated heterocycles. The van der Waals surface area contributed by atoms with Crippen LogP contribution in [0.1, 0.15) is 27.4 Å². The van der Waals surface area contributed by atoms with Crippen molar-refractivity contribution in [3.63, 3.8) is 0 Å². The summed E-state index contributed by atoms with van der Waals surface area (Å²) in [7, 11) is 0. The van der Waals surface area contributed by atoms with E-state index in [1.165, 1.54) is 24.3 Å². The number of rotatable bonds is 5. The molecule has 7 heteroatoms. The lowest BCUT2D eigenvalue weighted by molar-refractivity contribution is -0.384. The van der Waals surface area contributed by atoms with E-state index in [1.54, 1.807) is 11.8 Å². The van der Waals surface area contributed by atoms with Gasteiger partial charge in [-0.05, 0) is 38.1 Å². The summed E-state index contributed by atoms with van der Waals surface area (Å²) in [4.78, 5) is 25.0. The molecule has 3 aromatic rings. The van der Waals surface area contributed by atoms with Crippen molar-refractivity contribution >= 4 is 17.3 Å². The molecule has 0 atom stereocenters. The van der Waals surface area contributed by atoms with E-state index in [4.69, 9.17) is 4.52 Å². The van der Waals surface area contributed by atoms with Gasteiger partial charge in [0.15, 0.2) is 0 Å². The zero-order valence-corrected chi connectivity index (χ0v) is 14.4. The molecule has 1 aromatic heterocycles. The SMILES string of the molecule is Cc1noc(C)c1CN(C(=O)c1ccc([N+](=O)[O-])cc1)c1ccccc1. The van der Waals surface area contributed by atoms with Crippen LogP contribution in [-0.4, -0.2) is 16.0 Å². The normalized spacial score (nSPS) is 10.5. The average Bonchev–Trinajstić information content (AvgIpc) is 2.98. The van der Waals surface area contributed by atoms with E-state index in [0.717, 1.165) is 16.9 Å². The first-order valence-corrected chi connectivity index (χ1v) is 8.00.